The second kappa shape index (κ2) is 9.44. The van der Waals surface area contributed by atoms with Gasteiger partial charge in [-0.3, -0.25) is 0 Å². The van der Waals surface area contributed by atoms with E-state index in [-0.39, 0.29) is 0 Å². The first kappa shape index (κ1) is 18.5. The molecule has 0 saturated carbocycles. The first-order chi connectivity index (χ1) is 9.99. The van der Waals surface area contributed by atoms with Gasteiger partial charge >= 0.3 is 0 Å². The van der Waals surface area contributed by atoms with Gasteiger partial charge in [0.2, 0.25) is 0 Å². The van der Waals surface area contributed by atoms with Gasteiger partial charge in [-0.05, 0) is 50.1 Å². The highest BCUT2D eigenvalue weighted by atomic mass is 79.9. The van der Waals surface area contributed by atoms with Crippen molar-refractivity contribution >= 4 is 21.6 Å². The molecular formula is C17H29BrN2O. The van der Waals surface area contributed by atoms with Gasteiger partial charge < -0.3 is 15.0 Å². The highest BCUT2D eigenvalue weighted by Crippen LogP contribution is 2.26. The molecule has 21 heavy (non-hydrogen) atoms. The van der Waals surface area contributed by atoms with E-state index >= 15 is 0 Å². The fourth-order valence-electron chi connectivity index (χ4n) is 2.52. The molecule has 0 aliphatic heterocycles. The minimum atomic E-state index is 0.366. The number of anilines is 1. The first-order valence-corrected chi connectivity index (χ1v) is 8.53. The molecule has 1 unspecified atom stereocenters. The maximum Gasteiger partial charge on any atom is 0.0663 e. The number of hydrogen-bond donors (Lipinski definition) is 1. The van der Waals surface area contributed by atoms with Crippen molar-refractivity contribution in [3.63, 3.8) is 0 Å². The van der Waals surface area contributed by atoms with Crippen LogP contribution in [0.3, 0.4) is 0 Å². The zero-order valence-electron chi connectivity index (χ0n) is 13.9. The fourth-order valence-corrected chi connectivity index (χ4v) is 2.93. The zero-order valence-corrected chi connectivity index (χ0v) is 15.5. The summed E-state index contributed by atoms with van der Waals surface area (Å²) in [7, 11) is 1.76. The summed E-state index contributed by atoms with van der Waals surface area (Å²) < 4.78 is 6.45. The van der Waals surface area contributed by atoms with E-state index in [4.69, 9.17) is 4.74 Å². The largest absolute Gasteiger partial charge is 0.383 e. The third-order valence-electron chi connectivity index (χ3n) is 3.50. The van der Waals surface area contributed by atoms with E-state index in [0.717, 1.165) is 30.7 Å². The number of rotatable bonds is 9. The van der Waals surface area contributed by atoms with Crippen LogP contribution < -0.4 is 10.2 Å². The van der Waals surface area contributed by atoms with Gasteiger partial charge in [0, 0.05) is 36.4 Å². The van der Waals surface area contributed by atoms with E-state index in [1.54, 1.807) is 7.11 Å². The van der Waals surface area contributed by atoms with Gasteiger partial charge in [-0.2, -0.15) is 0 Å². The topological polar surface area (TPSA) is 24.5 Å². The van der Waals surface area contributed by atoms with Gasteiger partial charge in [-0.25, -0.2) is 0 Å². The van der Waals surface area contributed by atoms with Crippen molar-refractivity contribution in [3.05, 3.63) is 28.2 Å². The predicted molar refractivity (Wildman–Crippen MR) is 95.0 cm³/mol. The van der Waals surface area contributed by atoms with Gasteiger partial charge in [-0.1, -0.05) is 29.8 Å². The molecular weight excluding hydrogens is 328 g/mol. The van der Waals surface area contributed by atoms with Crippen LogP contribution in [-0.4, -0.2) is 32.8 Å². The van der Waals surface area contributed by atoms with Crippen molar-refractivity contribution in [2.45, 2.75) is 40.3 Å². The van der Waals surface area contributed by atoms with E-state index in [1.807, 2.05) is 0 Å². The Balaban J connectivity index is 2.92. The molecule has 0 fully saturated rings. The van der Waals surface area contributed by atoms with E-state index in [9.17, 15) is 0 Å². The van der Waals surface area contributed by atoms with Gasteiger partial charge in [0.25, 0.3) is 0 Å². The second-order valence-electron chi connectivity index (χ2n) is 5.89. The molecule has 0 aliphatic carbocycles. The van der Waals surface area contributed by atoms with Gasteiger partial charge in [0.1, 0.15) is 0 Å². The fraction of sp³-hybridized carbons (Fsp3) is 0.647. The lowest BCUT2D eigenvalue weighted by Crippen LogP contribution is -2.37. The number of hydrogen-bond acceptors (Lipinski definition) is 3. The van der Waals surface area contributed by atoms with Crippen LogP contribution in [0.4, 0.5) is 5.69 Å². The summed E-state index contributed by atoms with van der Waals surface area (Å²) in [4.78, 5) is 2.41. The van der Waals surface area contributed by atoms with Crippen molar-refractivity contribution in [1.29, 1.82) is 0 Å². The van der Waals surface area contributed by atoms with Crippen LogP contribution in [0.25, 0.3) is 0 Å². The molecule has 0 saturated heterocycles. The zero-order chi connectivity index (χ0) is 15.8. The van der Waals surface area contributed by atoms with Crippen LogP contribution in [0, 0.1) is 5.92 Å². The van der Waals surface area contributed by atoms with Gasteiger partial charge in [0.15, 0.2) is 0 Å². The molecule has 0 aromatic heterocycles. The Bertz CT molecular complexity index is 423. The lowest BCUT2D eigenvalue weighted by molar-refractivity contribution is 0.182. The lowest BCUT2D eigenvalue weighted by Gasteiger charge is -2.32. The van der Waals surface area contributed by atoms with Gasteiger partial charge in [-0.15, -0.1) is 0 Å². The third-order valence-corrected chi connectivity index (χ3v) is 3.99. The van der Waals surface area contributed by atoms with Crippen molar-refractivity contribution in [2.75, 3.05) is 31.7 Å². The number of nitrogens with zero attached hydrogens (tertiary/aromatic N) is 1. The van der Waals surface area contributed by atoms with Crippen molar-refractivity contribution < 1.29 is 4.74 Å². The molecule has 1 atom stereocenters. The number of halogens is 1. The van der Waals surface area contributed by atoms with Crippen LogP contribution in [0.15, 0.2) is 22.7 Å². The summed E-state index contributed by atoms with van der Waals surface area (Å²) in [5.74, 6) is 0.662. The minimum Gasteiger partial charge on any atom is -0.383 e. The molecule has 1 N–H and O–H groups in total. The van der Waals surface area contributed by atoms with Crippen molar-refractivity contribution in [2.24, 2.45) is 5.92 Å². The van der Waals surface area contributed by atoms with E-state index in [2.05, 4.69) is 72.0 Å². The number of likely N-dealkylation sites (N-methyl/N-ethyl adjacent to an activating group) is 1. The average molecular weight is 357 g/mol. The number of nitrogens with one attached hydrogen (secondary N) is 1. The summed E-state index contributed by atoms with van der Waals surface area (Å²) in [5.41, 5.74) is 2.62. The molecule has 1 aromatic rings. The Morgan fingerprint density at radius 3 is 2.57 bits per heavy atom. The molecule has 1 rings (SSSR count). The summed E-state index contributed by atoms with van der Waals surface area (Å²) in [6, 6.07) is 6.89. The quantitative estimate of drug-likeness (QED) is 0.721. The van der Waals surface area contributed by atoms with E-state index in [1.165, 1.54) is 11.3 Å². The molecule has 0 amide bonds. The molecule has 4 heteroatoms. The Morgan fingerprint density at radius 2 is 2.00 bits per heavy atom. The molecule has 0 aliphatic rings. The summed E-state index contributed by atoms with van der Waals surface area (Å²) >= 11 is 3.58. The minimum absolute atomic E-state index is 0.366. The number of ether oxygens (including phenoxy) is 1. The lowest BCUT2D eigenvalue weighted by atomic mass is 10.1. The Morgan fingerprint density at radius 1 is 1.29 bits per heavy atom. The summed E-state index contributed by atoms with van der Waals surface area (Å²) in [6.45, 7) is 12.5. The number of methoxy groups -OCH3 is 1. The van der Waals surface area contributed by atoms with E-state index in [0.29, 0.717) is 12.0 Å². The molecule has 0 bridgehead atoms. The van der Waals surface area contributed by atoms with Crippen molar-refractivity contribution in [3.8, 4) is 0 Å². The standard InChI is InChI=1S/C17H29BrN2O/c1-6-20(14(4)12-21-5)17-8-7-16(18)9-15(17)11-19-10-13(2)3/h7-9,13-14,19H,6,10-12H2,1-5H3. The van der Waals surface area contributed by atoms with Crippen LogP contribution in [0.2, 0.25) is 0 Å². The van der Waals surface area contributed by atoms with Gasteiger partial charge in [0.05, 0.1) is 6.61 Å². The highest BCUT2D eigenvalue weighted by Gasteiger charge is 2.16. The Labute approximate surface area is 138 Å². The predicted octanol–water partition coefficient (Wildman–Crippen LogP) is 4.06. The van der Waals surface area contributed by atoms with Crippen LogP contribution in [0.5, 0.6) is 0 Å². The van der Waals surface area contributed by atoms with E-state index < -0.39 is 0 Å². The molecule has 3 nitrogen and oxygen atoms in total. The monoisotopic (exact) mass is 356 g/mol. The second-order valence-corrected chi connectivity index (χ2v) is 6.80. The summed E-state index contributed by atoms with van der Waals surface area (Å²) in [6.07, 6.45) is 0. The van der Waals surface area contributed by atoms with Crippen LogP contribution in [0.1, 0.15) is 33.3 Å². The van der Waals surface area contributed by atoms with Crippen LogP contribution in [-0.2, 0) is 11.3 Å². The molecule has 0 heterocycles. The highest BCUT2D eigenvalue weighted by molar-refractivity contribution is 9.10. The summed E-state index contributed by atoms with van der Waals surface area (Å²) in [5, 5.41) is 3.54. The SMILES string of the molecule is CCN(c1ccc(Br)cc1CNCC(C)C)C(C)COC. The maximum absolute atomic E-state index is 5.32. The first-order valence-electron chi connectivity index (χ1n) is 7.74. The molecule has 1 aromatic carbocycles. The number of benzene rings is 1. The van der Waals surface area contributed by atoms with Crippen LogP contribution >= 0.6 is 15.9 Å². The third kappa shape index (κ3) is 5.97. The molecule has 120 valence electrons. The molecule has 0 spiro atoms. The smallest absolute Gasteiger partial charge is 0.0663 e. The Kier molecular flexibility index (Phi) is 8.30. The molecule has 0 radical (unpaired) electrons. The van der Waals surface area contributed by atoms with Crippen molar-refractivity contribution in [1.82, 2.24) is 5.32 Å². The normalized spacial score (nSPS) is 12.7. The maximum atomic E-state index is 5.32. The Hall–Kier alpha value is -0.580. The average Bonchev–Trinajstić information content (AvgIpc) is 2.41.